The topological polar surface area (TPSA) is 87.0 Å². The first-order valence-corrected chi connectivity index (χ1v) is 9.00. The number of esters is 1. The normalized spacial score (nSPS) is 19.8. The Kier molecular flexibility index (Phi) is 6.48. The van der Waals surface area contributed by atoms with E-state index in [2.05, 4.69) is 6.58 Å². The van der Waals surface area contributed by atoms with Crippen LogP contribution in [0.3, 0.4) is 0 Å². The van der Waals surface area contributed by atoms with Gasteiger partial charge < -0.3 is 20.1 Å². The number of aromatic hydroxyl groups is 2. The third-order valence-corrected chi connectivity index (χ3v) is 5.02. The highest BCUT2D eigenvalue weighted by atomic mass is 16.5. The van der Waals surface area contributed by atoms with Gasteiger partial charge in [0.15, 0.2) is 0 Å². The minimum atomic E-state index is -0.696. The maximum Gasteiger partial charge on any atom is 0.342 e. The Morgan fingerprint density at radius 2 is 2.08 bits per heavy atom. The number of ether oxygens (including phenoxy) is 1. The molecule has 0 saturated heterocycles. The first kappa shape index (κ1) is 20.0. The second-order valence-electron chi connectivity index (χ2n) is 6.94. The van der Waals surface area contributed by atoms with Crippen molar-refractivity contribution >= 4 is 5.97 Å². The molecule has 142 valence electrons. The molecule has 0 spiro atoms. The van der Waals surface area contributed by atoms with Gasteiger partial charge >= 0.3 is 5.97 Å². The highest BCUT2D eigenvalue weighted by molar-refractivity contribution is 5.95. The minimum Gasteiger partial charge on any atom is -0.507 e. The summed E-state index contributed by atoms with van der Waals surface area (Å²) in [5, 5.41) is 30.4. The Hall–Kier alpha value is -2.27. The molecular formula is C21H28O5. The van der Waals surface area contributed by atoms with E-state index < -0.39 is 5.97 Å². The van der Waals surface area contributed by atoms with Gasteiger partial charge in [-0.05, 0) is 50.7 Å². The predicted molar refractivity (Wildman–Crippen MR) is 101 cm³/mol. The number of aliphatic hydroxyl groups is 1. The van der Waals surface area contributed by atoms with Crippen LogP contribution in [-0.4, -0.2) is 34.5 Å². The molecule has 0 heterocycles. The smallest absolute Gasteiger partial charge is 0.342 e. The lowest BCUT2D eigenvalue weighted by molar-refractivity contribution is 0.0429. The molecule has 0 aliphatic heterocycles. The molecule has 2 atom stereocenters. The van der Waals surface area contributed by atoms with Crippen molar-refractivity contribution in [2.24, 2.45) is 5.92 Å². The van der Waals surface area contributed by atoms with E-state index >= 15 is 0 Å². The number of phenolic OH excluding ortho intramolecular Hbond substituents is 2. The van der Waals surface area contributed by atoms with Crippen LogP contribution in [0, 0.1) is 5.92 Å². The highest BCUT2D eigenvalue weighted by Gasteiger charge is 2.33. The van der Waals surface area contributed by atoms with Crippen molar-refractivity contribution in [1.29, 1.82) is 0 Å². The fourth-order valence-electron chi connectivity index (χ4n) is 3.67. The van der Waals surface area contributed by atoms with Crippen LogP contribution in [0.15, 0.2) is 29.9 Å². The summed E-state index contributed by atoms with van der Waals surface area (Å²) in [4.78, 5) is 12.4. The Labute approximate surface area is 154 Å². The van der Waals surface area contributed by atoms with Gasteiger partial charge in [0.1, 0.15) is 23.7 Å². The maximum atomic E-state index is 12.4. The summed E-state index contributed by atoms with van der Waals surface area (Å²) < 4.78 is 5.01. The fraction of sp³-hybridized carbons (Fsp3) is 0.476. The number of carbonyl (C=O) groups excluding carboxylic acids is 1. The fourth-order valence-corrected chi connectivity index (χ4v) is 3.67. The average Bonchev–Trinajstić information content (AvgIpc) is 2.58. The van der Waals surface area contributed by atoms with Crippen LogP contribution >= 0.6 is 0 Å². The molecule has 5 heteroatoms. The Morgan fingerprint density at radius 1 is 1.38 bits per heavy atom. The van der Waals surface area contributed by atoms with E-state index in [0.717, 1.165) is 18.4 Å². The predicted octanol–water partition coefficient (Wildman–Crippen LogP) is 3.83. The number of rotatable bonds is 6. The molecule has 1 aromatic carbocycles. The van der Waals surface area contributed by atoms with Crippen LogP contribution in [0.25, 0.3) is 0 Å². The van der Waals surface area contributed by atoms with Gasteiger partial charge in [0.25, 0.3) is 0 Å². The van der Waals surface area contributed by atoms with Crippen molar-refractivity contribution in [3.63, 3.8) is 0 Å². The summed E-state index contributed by atoms with van der Waals surface area (Å²) in [5.41, 5.74) is 3.06. The lowest BCUT2D eigenvalue weighted by Crippen LogP contribution is -2.19. The zero-order chi connectivity index (χ0) is 19.4. The molecular weight excluding hydrogens is 332 g/mol. The van der Waals surface area contributed by atoms with Gasteiger partial charge in [0.05, 0.1) is 6.61 Å². The van der Waals surface area contributed by atoms with E-state index in [4.69, 9.17) is 9.84 Å². The van der Waals surface area contributed by atoms with E-state index in [9.17, 15) is 15.0 Å². The Balaban J connectivity index is 2.63. The molecule has 0 bridgehead atoms. The number of hydrogen-bond acceptors (Lipinski definition) is 5. The number of hydrogen-bond donors (Lipinski definition) is 3. The number of carbonyl (C=O) groups is 1. The van der Waals surface area contributed by atoms with Gasteiger partial charge in [-0.15, -0.1) is 0 Å². The number of phenols is 2. The van der Waals surface area contributed by atoms with Crippen molar-refractivity contribution < 1.29 is 24.9 Å². The van der Waals surface area contributed by atoms with Crippen LogP contribution in [0.1, 0.15) is 61.0 Å². The van der Waals surface area contributed by atoms with Crippen LogP contribution in [0.2, 0.25) is 0 Å². The van der Waals surface area contributed by atoms with E-state index in [1.807, 2.05) is 26.8 Å². The molecule has 3 N–H and O–H groups in total. The molecule has 1 aromatic rings. The highest BCUT2D eigenvalue weighted by Crippen LogP contribution is 2.48. The number of aryl methyl sites for hydroxylation is 1. The van der Waals surface area contributed by atoms with Crippen molar-refractivity contribution in [3.05, 3.63) is 46.6 Å². The zero-order valence-electron chi connectivity index (χ0n) is 15.7. The third kappa shape index (κ3) is 3.93. The summed E-state index contributed by atoms with van der Waals surface area (Å²) >= 11 is 0. The molecule has 1 aliphatic rings. The maximum absolute atomic E-state index is 12.4. The van der Waals surface area contributed by atoms with E-state index in [-0.39, 0.29) is 42.1 Å². The van der Waals surface area contributed by atoms with Crippen molar-refractivity contribution in [2.45, 2.75) is 46.0 Å². The Bertz CT molecular complexity index is 732. The lowest BCUT2D eigenvalue weighted by atomic mass is 9.73. The van der Waals surface area contributed by atoms with Crippen molar-refractivity contribution in [3.8, 4) is 11.5 Å². The average molecular weight is 360 g/mol. The Morgan fingerprint density at radius 3 is 2.65 bits per heavy atom. The molecule has 2 rings (SSSR count). The van der Waals surface area contributed by atoms with Crippen LogP contribution < -0.4 is 0 Å². The number of allylic oxidation sites excluding steroid dienone is 3. The lowest BCUT2D eigenvalue weighted by Gasteiger charge is -2.32. The van der Waals surface area contributed by atoms with Gasteiger partial charge in [-0.2, -0.15) is 0 Å². The zero-order valence-corrected chi connectivity index (χ0v) is 15.7. The van der Waals surface area contributed by atoms with E-state index in [1.165, 1.54) is 11.6 Å². The molecule has 0 aromatic heterocycles. The molecule has 0 radical (unpaired) electrons. The van der Waals surface area contributed by atoms with Crippen molar-refractivity contribution in [1.82, 2.24) is 0 Å². The quantitative estimate of drug-likeness (QED) is 0.530. The van der Waals surface area contributed by atoms with Gasteiger partial charge in [0, 0.05) is 11.5 Å². The second-order valence-corrected chi connectivity index (χ2v) is 6.94. The largest absolute Gasteiger partial charge is 0.507 e. The van der Waals surface area contributed by atoms with Gasteiger partial charge in [-0.25, -0.2) is 4.79 Å². The van der Waals surface area contributed by atoms with Crippen LogP contribution in [0.4, 0.5) is 0 Å². The van der Waals surface area contributed by atoms with Gasteiger partial charge in [-0.3, -0.25) is 0 Å². The minimum absolute atomic E-state index is 0.0275. The summed E-state index contributed by atoms with van der Waals surface area (Å²) in [6, 6.07) is 1.53. The molecule has 0 fully saturated rings. The molecule has 0 saturated carbocycles. The van der Waals surface area contributed by atoms with Gasteiger partial charge in [0.2, 0.25) is 0 Å². The molecule has 26 heavy (non-hydrogen) atoms. The standard InChI is InChI=1S/C21H28O5/c1-5-14-11-17(23)19(20(24)18(14)21(25)26-9-8-22)16-10-13(4)6-7-15(16)12(2)3/h10-11,15-16,22-24H,2,5-9H2,1,3-4H3/t15-,16+/m1/s1. The van der Waals surface area contributed by atoms with Crippen LogP contribution in [0.5, 0.6) is 11.5 Å². The van der Waals surface area contributed by atoms with Crippen LogP contribution in [-0.2, 0) is 11.2 Å². The SMILES string of the molecule is C=C(C)[C@H]1CCC(C)=C[C@@H]1c1c(O)cc(CC)c(C(=O)OCCO)c1O. The third-order valence-electron chi connectivity index (χ3n) is 5.02. The summed E-state index contributed by atoms with van der Waals surface area (Å²) in [6.07, 6.45) is 4.30. The summed E-state index contributed by atoms with van der Waals surface area (Å²) in [7, 11) is 0. The first-order valence-electron chi connectivity index (χ1n) is 9.00. The summed E-state index contributed by atoms with van der Waals surface area (Å²) in [5.74, 6) is -1.15. The molecule has 0 amide bonds. The summed E-state index contributed by atoms with van der Waals surface area (Å²) in [6.45, 7) is 9.42. The molecule has 0 unspecified atom stereocenters. The number of benzene rings is 1. The van der Waals surface area contributed by atoms with E-state index in [0.29, 0.717) is 17.5 Å². The second kappa shape index (κ2) is 8.41. The first-order chi connectivity index (χ1) is 12.3. The number of aliphatic hydroxyl groups excluding tert-OH is 1. The van der Waals surface area contributed by atoms with Gasteiger partial charge in [-0.1, -0.05) is 30.7 Å². The van der Waals surface area contributed by atoms with E-state index in [1.54, 1.807) is 0 Å². The van der Waals surface area contributed by atoms with Crippen molar-refractivity contribution in [2.75, 3.05) is 13.2 Å². The monoisotopic (exact) mass is 360 g/mol. The molecule has 5 nitrogen and oxygen atoms in total. The molecule has 1 aliphatic carbocycles.